The number of carbonyl (C=O) groups is 1. The molecule has 0 aliphatic rings. The van der Waals surface area contributed by atoms with Gasteiger partial charge in [-0.05, 0) is 58.6 Å². The van der Waals surface area contributed by atoms with Crippen LogP contribution >= 0.6 is 0 Å². The Morgan fingerprint density at radius 2 is 1.12 bits per heavy atom. The van der Waals surface area contributed by atoms with Crippen molar-refractivity contribution in [2.24, 2.45) is 10.2 Å². The van der Waals surface area contributed by atoms with Crippen molar-refractivity contribution in [3.63, 3.8) is 0 Å². The number of ketones is 1. The van der Waals surface area contributed by atoms with Crippen LogP contribution in [0.5, 0.6) is 0 Å². The Labute approximate surface area is 237 Å². The molecule has 2 aromatic rings. The van der Waals surface area contributed by atoms with E-state index in [0.717, 1.165) is 48.6 Å². The number of rotatable bonds is 8. The summed E-state index contributed by atoms with van der Waals surface area (Å²) in [6.45, 7) is 0. The molecule has 0 heterocycles. The van der Waals surface area contributed by atoms with E-state index in [2.05, 4.69) is 20.1 Å². The maximum Gasteiger partial charge on any atom is 1.00 e. The van der Waals surface area contributed by atoms with Gasteiger partial charge in [-0.3, -0.25) is 4.79 Å². The summed E-state index contributed by atoms with van der Waals surface area (Å²) in [5, 5.41) is 6.40. The van der Waals surface area contributed by atoms with Gasteiger partial charge in [0, 0.05) is 21.2 Å². The first kappa shape index (κ1) is 32.0. The molecule has 0 spiro atoms. The van der Waals surface area contributed by atoms with E-state index >= 15 is 0 Å². The van der Waals surface area contributed by atoms with Crippen LogP contribution in [0.25, 0.3) is 33.0 Å². The van der Waals surface area contributed by atoms with E-state index in [9.17, 15) is 30.7 Å². The summed E-state index contributed by atoms with van der Waals surface area (Å²) >= 11 is 0. The minimum absolute atomic E-state index is 0. The predicted octanol–water partition coefficient (Wildman–Crippen LogP) is -2.32. The Hall–Kier alpha value is -1.97. The molecule has 0 saturated heterocycles. The normalized spacial score (nSPS) is 11.1. The zero-order valence-electron chi connectivity index (χ0n) is 17.6. The first-order valence-electron chi connectivity index (χ1n) is 8.16. The molecule has 2 aromatic carbocycles. The van der Waals surface area contributed by atoms with Crippen LogP contribution in [-0.4, -0.2) is 31.7 Å². The molecule has 17 heteroatoms. The average molecular weight is 520 g/mol. The molecular formula is C17H10N6Na2O7S2. The number of hydrogen-bond donors (Lipinski definition) is 0. The Morgan fingerprint density at radius 1 is 0.765 bits per heavy atom. The van der Waals surface area contributed by atoms with Crippen molar-refractivity contribution in [1.29, 1.82) is 0 Å². The monoisotopic (exact) mass is 520 g/mol. The topological polar surface area (TPSA) is 229 Å². The van der Waals surface area contributed by atoms with Gasteiger partial charge in [-0.25, -0.2) is 16.8 Å². The molecule has 2 rings (SSSR count). The second-order valence-electron chi connectivity index (χ2n) is 5.80. The summed E-state index contributed by atoms with van der Waals surface area (Å²) in [6, 6.07) is 6.45. The van der Waals surface area contributed by atoms with Crippen molar-refractivity contribution >= 4 is 49.5 Å². The minimum Gasteiger partial charge on any atom is -0.744 e. The van der Waals surface area contributed by atoms with Gasteiger partial charge in [-0.15, -0.1) is 0 Å². The molecule has 34 heavy (non-hydrogen) atoms. The van der Waals surface area contributed by atoms with Crippen LogP contribution in [0, 0.1) is 0 Å². The molecule has 0 aromatic heterocycles. The van der Waals surface area contributed by atoms with Gasteiger partial charge in [0.05, 0.1) is 9.79 Å². The number of allylic oxidation sites excluding steroid dienone is 2. The standard InChI is InChI=1S/C17H12N6O7S2.2Na/c18-22-20-13-5-1-11(16(9-13)31(25,26)27)3-7-15(24)8-4-12-2-6-14(21-23-19)10-17(12)32(28,29)30;;/h1-10H,(H,25,26,27)(H,28,29,30);;/q;2*+1/p-2. The second kappa shape index (κ2) is 13.8. The van der Waals surface area contributed by atoms with Gasteiger partial charge in [-0.2, -0.15) is 0 Å². The minimum atomic E-state index is -4.96. The third-order valence-corrected chi connectivity index (χ3v) is 5.49. The molecule has 0 amide bonds. The third kappa shape index (κ3) is 9.35. The van der Waals surface area contributed by atoms with Gasteiger partial charge in [0.15, 0.2) is 5.78 Å². The van der Waals surface area contributed by atoms with E-state index in [-0.39, 0.29) is 81.6 Å². The summed E-state index contributed by atoms with van der Waals surface area (Å²) < 4.78 is 68.6. The molecule has 0 aliphatic heterocycles. The SMILES string of the molecule is [N-]=[N+]=Nc1ccc(C=CC(=O)C=Cc2ccc(N=[N+]=[N-])cc2S(=O)(=O)[O-])c(S(=O)(=O)[O-])c1.[Na+].[Na+]. The molecule has 164 valence electrons. The van der Waals surface area contributed by atoms with Crippen LogP contribution in [0.3, 0.4) is 0 Å². The average Bonchev–Trinajstić information content (AvgIpc) is 2.71. The first-order chi connectivity index (χ1) is 15.0. The van der Waals surface area contributed by atoms with Crippen LogP contribution in [-0.2, 0) is 25.0 Å². The fraction of sp³-hybridized carbons (Fsp3) is 0. The summed E-state index contributed by atoms with van der Waals surface area (Å²) in [6.07, 6.45) is 3.83. The Bertz CT molecular complexity index is 1350. The van der Waals surface area contributed by atoms with Crippen LogP contribution in [0.1, 0.15) is 11.1 Å². The number of nitrogens with zero attached hydrogens (tertiary/aromatic N) is 6. The van der Waals surface area contributed by atoms with Crippen molar-refractivity contribution in [1.82, 2.24) is 0 Å². The first-order valence-corrected chi connectivity index (χ1v) is 11.0. The van der Waals surface area contributed by atoms with Gasteiger partial charge in [-0.1, -0.05) is 34.5 Å². The molecule has 0 saturated carbocycles. The van der Waals surface area contributed by atoms with E-state index in [1.54, 1.807) is 0 Å². The number of hydrogen-bond acceptors (Lipinski definition) is 9. The molecule has 0 bridgehead atoms. The second-order valence-corrected chi connectivity index (χ2v) is 8.50. The van der Waals surface area contributed by atoms with E-state index in [4.69, 9.17) is 11.1 Å². The number of azide groups is 2. The van der Waals surface area contributed by atoms with Gasteiger partial charge in [0.1, 0.15) is 20.2 Å². The Kier molecular flexibility index (Phi) is 13.0. The predicted molar refractivity (Wildman–Crippen MR) is 109 cm³/mol. The molecule has 13 nitrogen and oxygen atoms in total. The van der Waals surface area contributed by atoms with Gasteiger partial charge in [0.25, 0.3) is 0 Å². The molecule has 0 unspecified atom stereocenters. The van der Waals surface area contributed by atoms with Crippen LogP contribution in [0.2, 0.25) is 0 Å². The zero-order chi connectivity index (χ0) is 23.9. The van der Waals surface area contributed by atoms with Crippen LogP contribution in [0.4, 0.5) is 11.4 Å². The van der Waals surface area contributed by atoms with Gasteiger partial charge < -0.3 is 9.11 Å². The number of carbonyl (C=O) groups excluding carboxylic acids is 1. The molecule has 0 fully saturated rings. The van der Waals surface area contributed by atoms with Crippen molar-refractivity contribution in [2.75, 3.05) is 0 Å². The molecule has 0 N–H and O–H groups in total. The molecular weight excluding hydrogens is 510 g/mol. The fourth-order valence-corrected chi connectivity index (χ4v) is 3.76. The van der Waals surface area contributed by atoms with Gasteiger partial charge >= 0.3 is 59.1 Å². The fourth-order valence-electron chi connectivity index (χ4n) is 2.38. The largest absolute Gasteiger partial charge is 1.00 e. The van der Waals surface area contributed by atoms with E-state index in [1.165, 1.54) is 12.1 Å². The third-order valence-electron chi connectivity index (χ3n) is 3.71. The summed E-state index contributed by atoms with van der Waals surface area (Å²) in [5.74, 6) is -0.744. The van der Waals surface area contributed by atoms with E-state index in [1.807, 2.05) is 0 Å². The summed E-state index contributed by atoms with van der Waals surface area (Å²) in [4.78, 5) is 15.6. The van der Waals surface area contributed by atoms with E-state index in [0.29, 0.717) is 0 Å². The maximum atomic E-state index is 12.1. The zero-order valence-corrected chi connectivity index (χ0v) is 23.3. The molecule has 0 aliphatic carbocycles. The van der Waals surface area contributed by atoms with Gasteiger partial charge in [0.2, 0.25) is 0 Å². The van der Waals surface area contributed by atoms with E-state index < -0.39 is 35.8 Å². The maximum absolute atomic E-state index is 12.1. The van der Waals surface area contributed by atoms with Crippen molar-refractivity contribution < 1.29 is 89.9 Å². The summed E-state index contributed by atoms with van der Waals surface area (Å²) in [7, 11) is -9.92. The molecule has 0 atom stereocenters. The number of benzene rings is 2. The smallest absolute Gasteiger partial charge is 0.744 e. The van der Waals surface area contributed by atoms with Crippen LogP contribution in [0.15, 0.2) is 68.6 Å². The van der Waals surface area contributed by atoms with Crippen molar-refractivity contribution in [3.05, 3.63) is 80.6 Å². The Balaban J connectivity index is 0.00000544. The van der Waals surface area contributed by atoms with Crippen molar-refractivity contribution in [2.45, 2.75) is 9.79 Å². The quantitative estimate of drug-likeness (QED) is 0.0920. The van der Waals surface area contributed by atoms with Crippen LogP contribution < -0.4 is 59.1 Å². The molecule has 0 radical (unpaired) electrons. The Morgan fingerprint density at radius 3 is 1.41 bits per heavy atom. The summed E-state index contributed by atoms with van der Waals surface area (Å²) in [5.41, 5.74) is 16.3. The van der Waals surface area contributed by atoms with Crippen molar-refractivity contribution in [3.8, 4) is 0 Å².